The number of thiophene rings is 1. The number of para-hydroxylation sites is 1. The molecule has 1 aliphatic rings. The lowest BCUT2D eigenvalue weighted by atomic mass is 10.0. The molecule has 132 valence electrons. The van der Waals surface area contributed by atoms with Gasteiger partial charge in [-0.1, -0.05) is 28.6 Å². The van der Waals surface area contributed by atoms with Gasteiger partial charge in [0, 0.05) is 12.0 Å². The van der Waals surface area contributed by atoms with Crippen molar-refractivity contribution in [3.05, 3.63) is 46.2 Å². The third-order valence-electron chi connectivity index (χ3n) is 4.38. The number of anilines is 1. The first kappa shape index (κ1) is 17.0. The normalized spacial score (nSPS) is 15.5. The molecule has 0 radical (unpaired) electrons. The molecule has 1 atom stereocenters. The molecule has 8 heteroatoms. The molecule has 3 aromatic rings. The molecule has 3 heterocycles. The predicted octanol–water partition coefficient (Wildman–Crippen LogP) is 2.51. The Morgan fingerprint density at radius 1 is 1.35 bits per heavy atom. The van der Waals surface area contributed by atoms with E-state index in [1.54, 1.807) is 20.9 Å². The second kappa shape index (κ2) is 6.37. The van der Waals surface area contributed by atoms with Gasteiger partial charge in [0.15, 0.2) is 0 Å². The number of aryl methyl sites for hydroxylation is 1. The number of thioether (sulfide) groups is 1. The molecule has 1 amide bonds. The third-order valence-corrected chi connectivity index (χ3v) is 5.97. The maximum atomic E-state index is 12.8. The van der Waals surface area contributed by atoms with E-state index in [-0.39, 0.29) is 11.8 Å². The SMILES string of the molecule is CSc1nc([O-])c2[n+](n1)C(c1sccc1C)N(C(C)=O)c1ccccc1-2. The minimum Gasteiger partial charge on any atom is -0.854 e. The molecular weight excluding hydrogens is 368 g/mol. The van der Waals surface area contributed by atoms with Crippen molar-refractivity contribution in [2.75, 3.05) is 11.2 Å². The summed E-state index contributed by atoms with van der Waals surface area (Å²) in [6, 6.07) is 9.41. The molecule has 6 nitrogen and oxygen atoms in total. The number of benzene rings is 1. The van der Waals surface area contributed by atoms with E-state index in [1.165, 1.54) is 18.7 Å². The maximum absolute atomic E-state index is 12.8. The molecule has 0 N–H and O–H groups in total. The standard InChI is InChI=1S/C18H16N4O2S2/c1-10-8-9-26-15(10)17-21(11(2)23)13-7-5-4-6-12(13)14-16(24)19-18(25-3)20-22(14)17/h4-9,17H,1-3H3. The van der Waals surface area contributed by atoms with E-state index in [4.69, 9.17) is 0 Å². The topological polar surface area (TPSA) is 73.0 Å². The fourth-order valence-electron chi connectivity index (χ4n) is 3.25. The minimum absolute atomic E-state index is 0.106. The highest BCUT2D eigenvalue weighted by Crippen LogP contribution is 2.42. The van der Waals surface area contributed by atoms with Crippen LogP contribution < -0.4 is 14.7 Å². The Kier molecular flexibility index (Phi) is 4.16. The number of hydrogen-bond acceptors (Lipinski definition) is 6. The highest BCUT2D eigenvalue weighted by Gasteiger charge is 2.44. The largest absolute Gasteiger partial charge is 0.854 e. The number of fused-ring (bicyclic) bond motifs is 3. The molecule has 0 aliphatic carbocycles. The first-order chi connectivity index (χ1) is 12.5. The summed E-state index contributed by atoms with van der Waals surface area (Å²) in [4.78, 5) is 19.4. The smallest absolute Gasteiger partial charge is 0.302 e. The Hall–Kier alpha value is -2.45. The quantitative estimate of drug-likeness (QED) is 0.501. The second-order valence-corrected chi connectivity index (χ2v) is 7.67. The van der Waals surface area contributed by atoms with Crippen LogP contribution in [-0.2, 0) is 4.79 Å². The Labute approximate surface area is 159 Å². The summed E-state index contributed by atoms with van der Waals surface area (Å²) in [6.07, 6.45) is 1.33. The Bertz CT molecular complexity index is 1020. The monoisotopic (exact) mass is 384 g/mol. The van der Waals surface area contributed by atoms with Crippen molar-refractivity contribution in [2.45, 2.75) is 25.2 Å². The van der Waals surface area contributed by atoms with Crippen LogP contribution in [0.5, 0.6) is 5.88 Å². The average Bonchev–Trinajstić information content (AvgIpc) is 3.05. The van der Waals surface area contributed by atoms with E-state index in [2.05, 4.69) is 10.1 Å². The third kappa shape index (κ3) is 2.48. The minimum atomic E-state index is -0.501. The summed E-state index contributed by atoms with van der Waals surface area (Å²) in [6.45, 7) is 3.53. The lowest BCUT2D eigenvalue weighted by molar-refractivity contribution is -0.763. The van der Waals surface area contributed by atoms with Gasteiger partial charge in [-0.15, -0.1) is 11.3 Å². The van der Waals surface area contributed by atoms with Crippen LogP contribution in [0.15, 0.2) is 40.9 Å². The van der Waals surface area contributed by atoms with Crippen molar-refractivity contribution in [3.8, 4) is 17.1 Å². The second-order valence-electron chi connectivity index (χ2n) is 5.94. The van der Waals surface area contributed by atoms with Crippen LogP contribution >= 0.6 is 23.1 Å². The first-order valence-electron chi connectivity index (χ1n) is 8.01. The van der Waals surface area contributed by atoms with Gasteiger partial charge in [-0.2, -0.15) is 0 Å². The molecule has 2 aromatic heterocycles. The van der Waals surface area contributed by atoms with Crippen LogP contribution in [0.25, 0.3) is 11.3 Å². The van der Waals surface area contributed by atoms with Crippen LogP contribution in [0.4, 0.5) is 5.69 Å². The van der Waals surface area contributed by atoms with E-state index in [0.29, 0.717) is 22.1 Å². The highest BCUT2D eigenvalue weighted by atomic mass is 32.2. The molecule has 0 spiro atoms. The molecule has 0 saturated carbocycles. The van der Waals surface area contributed by atoms with Gasteiger partial charge in [0.2, 0.25) is 5.91 Å². The molecule has 1 unspecified atom stereocenters. The predicted molar refractivity (Wildman–Crippen MR) is 99.2 cm³/mol. The zero-order valence-corrected chi connectivity index (χ0v) is 16.1. The summed E-state index contributed by atoms with van der Waals surface area (Å²) in [5, 5.41) is 19.8. The molecule has 0 fully saturated rings. The summed E-state index contributed by atoms with van der Waals surface area (Å²) in [7, 11) is 0. The fourth-order valence-corrected chi connectivity index (χ4v) is 4.59. The van der Waals surface area contributed by atoms with Gasteiger partial charge >= 0.3 is 6.17 Å². The van der Waals surface area contributed by atoms with E-state index >= 15 is 0 Å². The molecule has 0 saturated heterocycles. The van der Waals surface area contributed by atoms with Crippen LogP contribution in [-0.4, -0.2) is 22.2 Å². The molecule has 26 heavy (non-hydrogen) atoms. The van der Waals surface area contributed by atoms with Gasteiger partial charge in [-0.05, 0) is 42.3 Å². The molecular formula is C18H16N4O2S2. The number of hydrogen-bond donors (Lipinski definition) is 0. The Morgan fingerprint density at radius 3 is 2.77 bits per heavy atom. The van der Waals surface area contributed by atoms with Crippen molar-refractivity contribution in [2.24, 2.45) is 0 Å². The molecule has 4 rings (SSSR count). The van der Waals surface area contributed by atoms with Gasteiger partial charge in [-0.3, -0.25) is 4.79 Å². The number of carbonyl (C=O) groups excluding carboxylic acids is 1. The van der Waals surface area contributed by atoms with Crippen molar-refractivity contribution >= 4 is 34.7 Å². The number of rotatable bonds is 2. The van der Waals surface area contributed by atoms with Crippen molar-refractivity contribution < 1.29 is 14.6 Å². The van der Waals surface area contributed by atoms with Crippen LogP contribution in [0.3, 0.4) is 0 Å². The van der Waals surface area contributed by atoms with Crippen molar-refractivity contribution in [1.29, 1.82) is 0 Å². The lowest BCUT2D eigenvalue weighted by Crippen LogP contribution is -2.58. The number of carbonyl (C=O) groups is 1. The van der Waals surface area contributed by atoms with Gasteiger partial charge in [0.1, 0.15) is 4.88 Å². The fraction of sp³-hybridized carbons (Fsp3) is 0.222. The number of nitrogens with zero attached hydrogens (tertiary/aromatic N) is 4. The van der Waals surface area contributed by atoms with Gasteiger partial charge < -0.3 is 5.11 Å². The van der Waals surface area contributed by atoms with Crippen LogP contribution in [0.2, 0.25) is 0 Å². The zero-order chi connectivity index (χ0) is 18.4. The highest BCUT2D eigenvalue weighted by molar-refractivity contribution is 7.98. The van der Waals surface area contributed by atoms with Gasteiger partial charge in [-0.25, -0.2) is 9.88 Å². The van der Waals surface area contributed by atoms with Crippen molar-refractivity contribution in [1.82, 2.24) is 10.1 Å². The van der Waals surface area contributed by atoms with Crippen LogP contribution in [0, 0.1) is 6.92 Å². The van der Waals surface area contributed by atoms with Gasteiger partial charge in [0.25, 0.3) is 10.9 Å². The summed E-state index contributed by atoms with van der Waals surface area (Å²) in [5.41, 5.74) is 2.84. The van der Waals surface area contributed by atoms with E-state index in [0.717, 1.165) is 10.4 Å². The van der Waals surface area contributed by atoms with E-state index in [1.807, 2.05) is 48.9 Å². The molecule has 1 aromatic carbocycles. The van der Waals surface area contributed by atoms with Gasteiger partial charge in [0.05, 0.1) is 17.1 Å². The molecule has 1 aliphatic heterocycles. The number of aromatic nitrogens is 3. The summed E-state index contributed by atoms with van der Waals surface area (Å²) in [5.74, 6) is -0.440. The Morgan fingerprint density at radius 2 is 2.12 bits per heavy atom. The van der Waals surface area contributed by atoms with Crippen LogP contribution in [0.1, 0.15) is 23.5 Å². The van der Waals surface area contributed by atoms with E-state index in [9.17, 15) is 9.90 Å². The van der Waals surface area contributed by atoms with E-state index < -0.39 is 6.17 Å². The van der Waals surface area contributed by atoms with Crippen molar-refractivity contribution in [3.63, 3.8) is 0 Å². The maximum Gasteiger partial charge on any atom is 0.302 e. The average molecular weight is 384 g/mol. The zero-order valence-electron chi connectivity index (χ0n) is 14.5. The Balaban J connectivity index is 2.10. The number of amides is 1. The first-order valence-corrected chi connectivity index (χ1v) is 10.1. The molecule has 0 bridgehead atoms. The lowest BCUT2D eigenvalue weighted by Gasteiger charge is -2.32. The summed E-state index contributed by atoms with van der Waals surface area (Å²) >= 11 is 2.86. The summed E-state index contributed by atoms with van der Waals surface area (Å²) < 4.78 is 1.66.